The Labute approximate surface area is 123 Å². The predicted molar refractivity (Wildman–Crippen MR) is 76.6 cm³/mol. The molecule has 19 heavy (non-hydrogen) atoms. The Balaban J connectivity index is 2.23. The molecule has 6 nitrogen and oxygen atoms in total. The van der Waals surface area contributed by atoms with Gasteiger partial charge in [0.1, 0.15) is 22.5 Å². The highest BCUT2D eigenvalue weighted by molar-refractivity contribution is 9.10. The fourth-order valence-electron chi connectivity index (χ4n) is 1.32. The monoisotopic (exact) mass is 341 g/mol. The van der Waals surface area contributed by atoms with Gasteiger partial charge in [0.05, 0.1) is 0 Å². The molecule has 0 saturated heterocycles. The van der Waals surface area contributed by atoms with Gasteiger partial charge in [-0.1, -0.05) is 0 Å². The van der Waals surface area contributed by atoms with Crippen molar-refractivity contribution in [1.29, 1.82) is 0 Å². The number of nitrogen functional groups attached to an aromatic ring is 1. The van der Waals surface area contributed by atoms with Crippen LogP contribution >= 0.6 is 27.7 Å². The van der Waals surface area contributed by atoms with Gasteiger partial charge in [0.2, 0.25) is 0 Å². The minimum absolute atomic E-state index is 0.330. The van der Waals surface area contributed by atoms with Gasteiger partial charge in [-0.3, -0.25) is 0 Å². The number of hydrazine groups is 1. The predicted octanol–water partition coefficient (Wildman–Crippen LogP) is 2.22. The number of nitrogens with one attached hydrogen (secondary N) is 1. The minimum Gasteiger partial charge on any atom is -0.377 e. The van der Waals surface area contributed by atoms with E-state index in [2.05, 4.69) is 36.3 Å². The summed E-state index contributed by atoms with van der Waals surface area (Å²) in [6.45, 7) is 0.330. The number of ether oxygens (including phenoxy) is 1. The summed E-state index contributed by atoms with van der Waals surface area (Å²) in [4.78, 5) is 12.8. The summed E-state index contributed by atoms with van der Waals surface area (Å²) in [5, 5.41) is 1.60. The van der Waals surface area contributed by atoms with Crippen molar-refractivity contribution in [2.75, 3.05) is 12.5 Å². The van der Waals surface area contributed by atoms with Gasteiger partial charge in [-0.05, 0) is 39.8 Å². The smallest absolute Gasteiger partial charge is 0.157 e. The lowest BCUT2D eigenvalue weighted by molar-refractivity contribution is 0.177. The Hall–Kier alpha value is -1.22. The Morgan fingerprint density at radius 3 is 2.84 bits per heavy atom. The quantitative estimate of drug-likeness (QED) is 0.489. The van der Waals surface area contributed by atoms with Crippen LogP contribution in [0.2, 0.25) is 0 Å². The normalized spacial score (nSPS) is 10.5. The Morgan fingerprint density at radius 1 is 1.37 bits per heavy atom. The molecule has 2 aromatic rings. The third kappa shape index (κ3) is 4.13. The summed E-state index contributed by atoms with van der Waals surface area (Å²) in [6.07, 6.45) is 1.74. The lowest BCUT2D eigenvalue weighted by Crippen LogP contribution is -2.11. The molecule has 0 spiro atoms. The largest absolute Gasteiger partial charge is 0.377 e. The average molecular weight is 342 g/mol. The number of anilines is 1. The second-order valence-electron chi connectivity index (χ2n) is 3.50. The van der Waals surface area contributed by atoms with Gasteiger partial charge in [0.15, 0.2) is 5.82 Å². The van der Waals surface area contributed by atoms with E-state index in [1.807, 2.05) is 12.1 Å². The summed E-state index contributed by atoms with van der Waals surface area (Å²) in [5.41, 5.74) is 2.51. The highest BCUT2D eigenvalue weighted by Gasteiger charge is 2.06. The van der Waals surface area contributed by atoms with E-state index in [-0.39, 0.29) is 0 Å². The summed E-state index contributed by atoms with van der Waals surface area (Å²) < 4.78 is 5.96. The second-order valence-corrected chi connectivity index (χ2v) is 5.46. The highest BCUT2D eigenvalue weighted by Crippen LogP contribution is 2.26. The molecule has 0 atom stereocenters. The van der Waals surface area contributed by atoms with Crippen LogP contribution in [0, 0.1) is 0 Å². The summed E-state index contributed by atoms with van der Waals surface area (Å²) in [5.74, 6) is 6.50. The zero-order valence-corrected chi connectivity index (χ0v) is 12.5. The zero-order valence-electron chi connectivity index (χ0n) is 10.1. The fourth-order valence-corrected chi connectivity index (χ4v) is 2.33. The van der Waals surface area contributed by atoms with Gasteiger partial charge >= 0.3 is 0 Å². The molecule has 0 aliphatic rings. The molecule has 3 N–H and O–H groups in total. The van der Waals surface area contributed by atoms with Crippen molar-refractivity contribution in [3.63, 3.8) is 0 Å². The van der Waals surface area contributed by atoms with Gasteiger partial charge in [0.25, 0.3) is 0 Å². The molecule has 0 fully saturated rings. The number of nitrogens with zero attached hydrogens (tertiary/aromatic N) is 3. The summed E-state index contributed by atoms with van der Waals surface area (Å²) in [6, 6.07) is 5.59. The number of methoxy groups -OCH3 is 1. The number of aromatic nitrogens is 3. The molecule has 0 bridgehead atoms. The molecule has 2 aromatic heterocycles. The lowest BCUT2D eigenvalue weighted by atomic mass is 10.5. The van der Waals surface area contributed by atoms with Crippen molar-refractivity contribution in [2.45, 2.75) is 16.7 Å². The van der Waals surface area contributed by atoms with Gasteiger partial charge in [-0.25, -0.2) is 20.8 Å². The van der Waals surface area contributed by atoms with Crippen LogP contribution in [0.15, 0.2) is 38.9 Å². The van der Waals surface area contributed by atoms with Gasteiger partial charge in [-0.2, -0.15) is 0 Å². The molecular formula is C11H12BrN5OS. The first-order chi connectivity index (χ1) is 9.21. The molecule has 100 valence electrons. The van der Waals surface area contributed by atoms with Crippen LogP contribution in [0.25, 0.3) is 0 Å². The number of nitrogens with two attached hydrogens (primary N) is 1. The van der Waals surface area contributed by atoms with Crippen LogP contribution < -0.4 is 11.3 Å². The molecule has 8 heteroatoms. The van der Waals surface area contributed by atoms with Crippen LogP contribution in [-0.2, 0) is 11.3 Å². The van der Waals surface area contributed by atoms with E-state index in [1.54, 1.807) is 19.4 Å². The molecule has 2 rings (SSSR count). The molecule has 0 amide bonds. The first-order valence-corrected chi connectivity index (χ1v) is 6.95. The van der Waals surface area contributed by atoms with Crippen molar-refractivity contribution in [2.24, 2.45) is 5.84 Å². The van der Waals surface area contributed by atoms with Gasteiger partial charge < -0.3 is 10.2 Å². The van der Waals surface area contributed by atoms with Crippen LogP contribution in [0.4, 0.5) is 5.82 Å². The first-order valence-electron chi connectivity index (χ1n) is 5.34. The van der Waals surface area contributed by atoms with Crippen molar-refractivity contribution >= 4 is 33.5 Å². The van der Waals surface area contributed by atoms with Crippen molar-refractivity contribution in [1.82, 2.24) is 15.0 Å². The Kier molecular flexibility index (Phi) is 5.08. The number of hydrogen-bond acceptors (Lipinski definition) is 7. The topological polar surface area (TPSA) is 86.0 Å². The van der Waals surface area contributed by atoms with E-state index in [0.29, 0.717) is 18.2 Å². The van der Waals surface area contributed by atoms with E-state index in [9.17, 15) is 0 Å². The molecule has 0 aromatic carbocycles. The zero-order chi connectivity index (χ0) is 13.7. The lowest BCUT2D eigenvalue weighted by Gasteiger charge is -2.06. The molecule has 0 aliphatic heterocycles. The Bertz CT molecular complexity index is 551. The molecule has 2 heterocycles. The van der Waals surface area contributed by atoms with E-state index in [0.717, 1.165) is 14.5 Å². The number of pyridine rings is 1. The summed E-state index contributed by atoms with van der Waals surface area (Å²) >= 11 is 4.78. The second kappa shape index (κ2) is 6.80. The summed E-state index contributed by atoms with van der Waals surface area (Å²) in [7, 11) is 1.59. The molecule has 0 radical (unpaired) electrons. The van der Waals surface area contributed by atoms with Crippen molar-refractivity contribution in [3.8, 4) is 0 Å². The first kappa shape index (κ1) is 14.2. The van der Waals surface area contributed by atoms with E-state index >= 15 is 0 Å². The maximum atomic E-state index is 5.38. The van der Waals surface area contributed by atoms with Crippen LogP contribution in [0.5, 0.6) is 0 Å². The fraction of sp³-hybridized carbons (Fsp3) is 0.182. The standard InChI is InChI=1S/C11H12BrN5OS/c1-18-6-9-15-8(17-13)4-11(16-9)19-10-3-2-7(12)5-14-10/h2-5H,6,13H2,1H3,(H,15,16,17). The maximum absolute atomic E-state index is 5.38. The van der Waals surface area contributed by atoms with E-state index in [1.165, 1.54) is 11.8 Å². The van der Waals surface area contributed by atoms with E-state index < -0.39 is 0 Å². The van der Waals surface area contributed by atoms with Crippen LogP contribution in [0.1, 0.15) is 5.82 Å². The maximum Gasteiger partial charge on any atom is 0.157 e. The third-order valence-corrected chi connectivity index (χ3v) is 3.42. The molecule has 0 aliphatic carbocycles. The van der Waals surface area contributed by atoms with Crippen LogP contribution in [-0.4, -0.2) is 22.1 Å². The van der Waals surface area contributed by atoms with Crippen molar-refractivity contribution < 1.29 is 4.74 Å². The number of halogens is 1. The molecular weight excluding hydrogens is 330 g/mol. The molecule has 0 saturated carbocycles. The molecule has 0 unspecified atom stereocenters. The number of rotatable bonds is 5. The Morgan fingerprint density at radius 2 is 2.21 bits per heavy atom. The van der Waals surface area contributed by atoms with Gasteiger partial charge in [0, 0.05) is 23.8 Å². The van der Waals surface area contributed by atoms with Crippen LogP contribution in [0.3, 0.4) is 0 Å². The van der Waals surface area contributed by atoms with Crippen molar-refractivity contribution in [3.05, 3.63) is 34.7 Å². The third-order valence-electron chi connectivity index (χ3n) is 2.08. The minimum atomic E-state index is 0.330. The highest BCUT2D eigenvalue weighted by atomic mass is 79.9. The number of hydrogen-bond donors (Lipinski definition) is 2. The van der Waals surface area contributed by atoms with E-state index in [4.69, 9.17) is 10.6 Å². The SMILES string of the molecule is COCc1nc(NN)cc(Sc2ccc(Br)cn2)n1. The average Bonchev–Trinajstić information content (AvgIpc) is 2.41. The van der Waals surface area contributed by atoms with Gasteiger partial charge in [-0.15, -0.1) is 0 Å².